The van der Waals surface area contributed by atoms with Gasteiger partial charge in [0.1, 0.15) is 40.5 Å². The SMILES string of the molecule is CS(=O)(=O)N[C@H]1CCN(c2ccccn2)CC1COC1CCC(c2ccc(O)cc2)CC1.CS(=O)(=O)N[C@H]1CCN(c2ccccn2)CC1COC1CCC(c2cccc(O)c2)CC1.CS(=O)(=O)N[C@H]1CCN(c2ccccn2)CC1COC1CCC(c2ccccc2O)CC1.Cc1cccc(C2CCC(OCC3CN(c4ccccn4)CC[C@@H]3NS(C)(=O)=O)CC2)c1. The fourth-order valence-electron chi connectivity index (χ4n) is 20.1. The minimum Gasteiger partial charge on any atom is -0.508 e. The summed E-state index contributed by atoms with van der Waals surface area (Å²) in [6.07, 6.45) is 32.1. The van der Waals surface area contributed by atoms with Crippen LogP contribution in [0.15, 0.2) is 195 Å². The zero-order chi connectivity index (χ0) is 90.2. The predicted octanol–water partition coefficient (Wildman–Crippen LogP) is 13.7. The molecular formula is C97H134N12O15S4. The Bertz CT molecular complexity index is 5020. The van der Waals surface area contributed by atoms with Crippen LogP contribution in [0.3, 0.4) is 0 Å². The first-order valence-corrected chi connectivity index (χ1v) is 53.5. The molecule has 8 fully saturated rings. The molecule has 0 radical (unpaired) electrons. The van der Waals surface area contributed by atoms with E-state index in [1.807, 2.05) is 115 Å². The van der Waals surface area contributed by atoms with Gasteiger partial charge in [0.25, 0.3) is 0 Å². The molecule has 4 saturated carbocycles. The van der Waals surface area contributed by atoms with Crippen LogP contribution in [-0.4, -0.2) is 221 Å². The van der Waals surface area contributed by atoms with Crippen molar-refractivity contribution in [3.8, 4) is 17.2 Å². The lowest BCUT2D eigenvalue weighted by atomic mass is 9.82. The number of phenolic OH excluding ortho intramolecular Hbond substituents is 3. The van der Waals surface area contributed by atoms with Crippen LogP contribution < -0.4 is 38.5 Å². The number of piperidine rings is 4. The van der Waals surface area contributed by atoms with Crippen molar-refractivity contribution in [1.82, 2.24) is 38.8 Å². The smallest absolute Gasteiger partial charge is 0.208 e. The van der Waals surface area contributed by atoms with Crippen LogP contribution in [0, 0.1) is 30.6 Å². The molecule has 7 N–H and O–H groups in total. The fraction of sp³-hybridized carbons (Fsp3) is 0.546. The molecule has 8 aliphatic rings. The molecule has 128 heavy (non-hydrogen) atoms. The molecule has 27 nitrogen and oxygen atoms in total. The number of para-hydroxylation sites is 1. The molecule has 4 aromatic heterocycles. The lowest BCUT2D eigenvalue weighted by Crippen LogP contribution is -2.52. The number of benzene rings is 4. The highest BCUT2D eigenvalue weighted by atomic mass is 32.2. The third-order valence-electron chi connectivity index (χ3n) is 26.8. The van der Waals surface area contributed by atoms with Crippen LogP contribution in [0.25, 0.3) is 0 Å². The van der Waals surface area contributed by atoms with Crippen LogP contribution in [0.4, 0.5) is 23.3 Å². The maximum atomic E-state index is 11.9. The summed E-state index contributed by atoms with van der Waals surface area (Å²) in [7, 11) is -13.1. The van der Waals surface area contributed by atoms with Crippen LogP contribution in [0.2, 0.25) is 0 Å². The van der Waals surface area contributed by atoms with Gasteiger partial charge in [-0.15, -0.1) is 0 Å². The number of pyridine rings is 4. The van der Waals surface area contributed by atoms with Gasteiger partial charge in [-0.1, -0.05) is 96.6 Å². The van der Waals surface area contributed by atoms with Crippen molar-refractivity contribution < 1.29 is 67.9 Å². The molecule has 0 bridgehead atoms. The van der Waals surface area contributed by atoms with Gasteiger partial charge in [-0.3, -0.25) is 0 Å². The van der Waals surface area contributed by atoms with Gasteiger partial charge in [0.2, 0.25) is 40.1 Å². The zero-order valence-corrected chi connectivity index (χ0v) is 78.1. The van der Waals surface area contributed by atoms with Crippen molar-refractivity contribution in [3.05, 3.63) is 222 Å². The van der Waals surface area contributed by atoms with Crippen molar-refractivity contribution in [2.24, 2.45) is 23.7 Å². The quantitative estimate of drug-likeness (QED) is 0.0239. The monoisotopic (exact) mass is 1830 g/mol. The van der Waals surface area contributed by atoms with Crippen molar-refractivity contribution in [3.63, 3.8) is 0 Å². The maximum absolute atomic E-state index is 11.9. The Hall–Kier alpha value is -8.44. The number of aryl methyl sites for hydroxylation is 1. The Kier molecular flexibility index (Phi) is 35.3. The average molecular weight is 1840 g/mol. The third-order valence-corrected chi connectivity index (χ3v) is 29.7. The van der Waals surface area contributed by atoms with Gasteiger partial charge in [0.05, 0.1) is 75.9 Å². The number of aromatic nitrogens is 4. The Balaban J connectivity index is 0.000000146. The van der Waals surface area contributed by atoms with E-state index >= 15 is 0 Å². The molecular weight excluding hydrogens is 1700 g/mol. The number of sulfonamides is 4. The molecule has 8 atom stereocenters. The molecule has 4 unspecified atom stereocenters. The van der Waals surface area contributed by atoms with Crippen LogP contribution in [-0.2, 0) is 59.0 Å². The fourth-order valence-corrected chi connectivity index (χ4v) is 23.5. The molecule has 16 rings (SSSR count). The van der Waals surface area contributed by atoms with Crippen LogP contribution >= 0.6 is 0 Å². The predicted molar refractivity (Wildman–Crippen MR) is 505 cm³/mol. The summed E-state index contributed by atoms with van der Waals surface area (Å²) in [5.41, 5.74) is 6.26. The second-order valence-corrected chi connectivity index (χ2v) is 43.7. The highest BCUT2D eigenvalue weighted by molar-refractivity contribution is 7.89. The summed E-state index contributed by atoms with van der Waals surface area (Å²) in [5, 5.41) is 29.4. The van der Waals surface area contributed by atoms with E-state index in [0.717, 1.165) is 190 Å². The van der Waals surface area contributed by atoms with E-state index in [-0.39, 0.29) is 72.3 Å². The first-order chi connectivity index (χ1) is 61.5. The van der Waals surface area contributed by atoms with E-state index in [1.54, 1.807) is 49.1 Å². The maximum Gasteiger partial charge on any atom is 0.208 e. The van der Waals surface area contributed by atoms with E-state index in [2.05, 4.69) is 95.7 Å². The van der Waals surface area contributed by atoms with Gasteiger partial charge in [-0.2, -0.15) is 0 Å². The number of ether oxygens (including phenoxy) is 4. The van der Waals surface area contributed by atoms with Crippen molar-refractivity contribution in [2.45, 2.75) is 208 Å². The van der Waals surface area contributed by atoms with Gasteiger partial charge < -0.3 is 53.9 Å². The van der Waals surface area contributed by atoms with E-state index in [0.29, 0.717) is 87.0 Å². The molecule has 0 amide bonds. The molecule has 8 aromatic rings. The number of nitrogens with zero attached hydrogens (tertiary/aromatic N) is 8. The molecule has 4 saturated heterocycles. The number of phenols is 3. The van der Waals surface area contributed by atoms with Gasteiger partial charge in [-0.25, -0.2) is 72.5 Å². The minimum absolute atomic E-state index is 0.0522. The summed E-state index contributed by atoms with van der Waals surface area (Å²) in [5.74, 6) is 6.90. The first kappa shape index (κ1) is 97.1. The van der Waals surface area contributed by atoms with Crippen molar-refractivity contribution in [2.75, 3.05) is 123 Å². The summed E-state index contributed by atoms with van der Waals surface area (Å²) in [6, 6.07) is 54.5. The molecule has 0 spiro atoms. The zero-order valence-electron chi connectivity index (χ0n) is 74.8. The second kappa shape index (κ2) is 46.6. The number of anilines is 4. The summed E-state index contributed by atoms with van der Waals surface area (Å²) in [6.45, 7) is 10.2. The van der Waals surface area contributed by atoms with Crippen molar-refractivity contribution in [1.29, 1.82) is 0 Å². The number of nitrogens with one attached hydrogen (secondary N) is 4. The molecule has 31 heteroatoms. The largest absolute Gasteiger partial charge is 0.508 e. The normalized spacial score (nSPS) is 26.7. The molecule has 4 aromatic carbocycles. The molecule has 4 aliphatic carbocycles. The highest BCUT2D eigenvalue weighted by Gasteiger charge is 2.39. The van der Waals surface area contributed by atoms with Gasteiger partial charge in [0.15, 0.2) is 0 Å². The number of hydrogen-bond acceptors (Lipinski definition) is 23. The summed E-state index contributed by atoms with van der Waals surface area (Å²) in [4.78, 5) is 26.7. The van der Waals surface area contributed by atoms with Crippen molar-refractivity contribution >= 4 is 63.4 Å². The molecule has 4 aliphatic heterocycles. The highest BCUT2D eigenvalue weighted by Crippen LogP contribution is 2.42. The van der Waals surface area contributed by atoms with Gasteiger partial charge in [0, 0.05) is 125 Å². The summed E-state index contributed by atoms with van der Waals surface area (Å²) >= 11 is 0. The molecule has 8 heterocycles. The standard InChI is InChI=1S/C25H35N3O3S.3C24H33N3O4S/c1-19-6-5-7-21(16-19)20-9-11-23(12-10-20)31-18-22-17-28(25-8-3-4-14-26-25)15-13-24(22)27-32(2,29)30;1-32(29,30)26-23-12-14-27(24-7-2-3-13-25-24)16-20(23)17-31-22-10-8-18(9-11-22)19-5-4-6-21(28)15-19;1-32(29,30)26-22-13-15-27(24-8-4-5-14-25-24)16-19(22)17-31-20-11-9-18(10-12-20)21-6-2-3-7-23(21)28;1-32(29,30)26-23-13-15-27(24-4-2-3-14-25-24)16-20(23)17-31-22-11-7-19(8-12-22)18-5-9-21(28)10-6-18/h3-8,14,16,20,22-24,27H,9-13,15,17-18H2,1-2H3;2-7,13,15,18,20,22-23,26,28H,8-12,14,16-17H2,1H3;2-8,14,18-20,22,26,28H,9-13,15-17H2,1H3;2-6,9-10,14,19-20,22-23,26,28H,7-8,11-13,15-17H2,1H3/t20?,22?,23?,24-;18?,20?,22?,23-;18?,19?,20?,22-;19?,20?,22?,23-/m0000/s1. The lowest BCUT2D eigenvalue weighted by Gasteiger charge is -2.40. The topological polar surface area (TPSA) is 347 Å². The van der Waals surface area contributed by atoms with Crippen LogP contribution in [0.5, 0.6) is 17.2 Å². The Morgan fingerprint density at radius 2 is 0.609 bits per heavy atom. The second-order valence-electron chi connectivity index (χ2n) is 36.6. The number of hydrogen-bond donors (Lipinski definition) is 7. The van der Waals surface area contributed by atoms with Crippen LogP contribution in [0.1, 0.15) is 180 Å². The van der Waals surface area contributed by atoms with E-state index in [4.69, 9.17) is 18.9 Å². The van der Waals surface area contributed by atoms with E-state index in [1.165, 1.54) is 47.3 Å². The molecule has 696 valence electrons. The van der Waals surface area contributed by atoms with E-state index < -0.39 is 40.1 Å². The van der Waals surface area contributed by atoms with Gasteiger partial charge in [-0.05, 0) is 260 Å². The summed E-state index contributed by atoms with van der Waals surface area (Å²) < 4.78 is 132. The number of rotatable bonds is 28. The average Bonchev–Trinajstić information content (AvgIpc) is 0.828. The number of aromatic hydroxyl groups is 3. The Morgan fingerprint density at radius 3 is 0.906 bits per heavy atom. The van der Waals surface area contributed by atoms with E-state index in [9.17, 15) is 49.0 Å². The minimum atomic E-state index is -3.29. The first-order valence-electron chi connectivity index (χ1n) is 45.9. The Labute approximate surface area is 759 Å². The Morgan fingerprint density at radius 1 is 0.312 bits per heavy atom. The van der Waals surface area contributed by atoms with Gasteiger partial charge >= 0.3 is 0 Å². The lowest BCUT2D eigenvalue weighted by molar-refractivity contribution is -0.00233. The third kappa shape index (κ3) is 30.6.